The van der Waals surface area contributed by atoms with Crippen molar-refractivity contribution in [1.29, 1.82) is 5.26 Å². The van der Waals surface area contributed by atoms with Crippen LogP contribution in [-0.4, -0.2) is 4.98 Å². The Morgan fingerprint density at radius 1 is 0.531 bits per heavy atom. The molecule has 2 nitrogen and oxygen atoms in total. The van der Waals surface area contributed by atoms with E-state index in [1.165, 1.54) is 43.1 Å². The first-order chi connectivity index (χ1) is 15.8. The Balaban J connectivity index is 0.000000140. The van der Waals surface area contributed by atoms with E-state index < -0.39 is 0 Å². The molecule has 148 valence electrons. The van der Waals surface area contributed by atoms with Gasteiger partial charge in [-0.15, -0.1) is 0 Å². The van der Waals surface area contributed by atoms with Crippen LogP contribution in [-0.2, 0) is 0 Å². The SMILES string of the molecule is N#Cc1cnc2ccccc2c1.c1cc2cccc3c4cccc5cccc(c(c1)c23)c54. The molecule has 0 radical (unpaired) electrons. The van der Waals surface area contributed by atoms with Crippen LogP contribution in [0, 0.1) is 11.3 Å². The molecule has 0 aliphatic rings. The van der Waals surface area contributed by atoms with E-state index in [1.54, 1.807) is 6.20 Å². The van der Waals surface area contributed by atoms with Crippen molar-refractivity contribution in [2.75, 3.05) is 0 Å². The second-order valence-electron chi connectivity index (χ2n) is 7.95. The molecule has 0 atom stereocenters. The summed E-state index contributed by atoms with van der Waals surface area (Å²) in [6.07, 6.45) is 1.59. The highest BCUT2D eigenvalue weighted by atomic mass is 14.6. The normalized spacial score (nSPS) is 11.1. The fourth-order valence-electron chi connectivity index (χ4n) is 4.71. The van der Waals surface area contributed by atoms with Crippen molar-refractivity contribution >= 4 is 54.0 Å². The van der Waals surface area contributed by atoms with E-state index in [1.807, 2.05) is 30.3 Å². The molecule has 0 saturated heterocycles. The molecule has 1 aromatic heterocycles. The molecular formula is C30H18N2. The summed E-state index contributed by atoms with van der Waals surface area (Å²) in [5.41, 5.74) is 1.53. The highest BCUT2D eigenvalue weighted by Crippen LogP contribution is 2.39. The maximum Gasteiger partial charge on any atom is 0.101 e. The smallest absolute Gasteiger partial charge is 0.101 e. The van der Waals surface area contributed by atoms with Crippen molar-refractivity contribution in [3.8, 4) is 6.07 Å². The molecule has 0 spiro atoms. The van der Waals surface area contributed by atoms with E-state index in [9.17, 15) is 0 Å². The van der Waals surface area contributed by atoms with Crippen molar-refractivity contribution < 1.29 is 0 Å². The number of fused-ring (bicyclic) bond motifs is 3. The van der Waals surface area contributed by atoms with E-state index in [4.69, 9.17) is 5.26 Å². The lowest BCUT2D eigenvalue weighted by Crippen LogP contribution is -1.85. The molecule has 6 aromatic carbocycles. The zero-order valence-corrected chi connectivity index (χ0v) is 17.3. The van der Waals surface area contributed by atoms with Gasteiger partial charge in [0, 0.05) is 11.6 Å². The van der Waals surface area contributed by atoms with Crippen LogP contribution >= 0.6 is 0 Å². The van der Waals surface area contributed by atoms with Gasteiger partial charge in [-0.05, 0) is 55.2 Å². The average molecular weight is 406 g/mol. The molecule has 0 N–H and O–H groups in total. The van der Waals surface area contributed by atoms with Gasteiger partial charge in [-0.25, -0.2) is 0 Å². The molecule has 7 aromatic rings. The zero-order valence-electron chi connectivity index (χ0n) is 17.3. The second-order valence-corrected chi connectivity index (χ2v) is 7.95. The molecule has 0 amide bonds. The quantitative estimate of drug-likeness (QED) is 0.190. The Morgan fingerprint density at radius 2 is 1.00 bits per heavy atom. The summed E-state index contributed by atoms with van der Waals surface area (Å²) < 4.78 is 0. The molecular weight excluding hydrogens is 388 g/mol. The van der Waals surface area contributed by atoms with Crippen molar-refractivity contribution in [1.82, 2.24) is 4.98 Å². The molecule has 0 unspecified atom stereocenters. The number of pyridine rings is 1. The zero-order chi connectivity index (χ0) is 21.5. The number of benzene rings is 6. The number of nitriles is 1. The summed E-state index contributed by atoms with van der Waals surface area (Å²) in [5, 5.41) is 20.5. The third-order valence-corrected chi connectivity index (χ3v) is 6.11. The van der Waals surface area contributed by atoms with Crippen LogP contribution in [0.15, 0.2) is 109 Å². The standard InChI is InChI=1S/C20H12.C10H6N2/c1-5-13-6-2-11-17-18-12-4-8-14-7-3-10-16(20(14)18)15(9-1)19(13)17;11-6-8-5-9-3-1-2-4-10(9)12-7-8/h1-12H;1-5,7H. The van der Waals surface area contributed by atoms with Gasteiger partial charge >= 0.3 is 0 Å². The molecule has 1 heterocycles. The van der Waals surface area contributed by atoms with Gasteiger partial charge in [0.1, 0.15) is 6.07 Å². The highest BCUT2D eigenvalue weighted by molar-refractivity contribution is 6.32. The van der Waals surface area contributed by atoms with Crippen LogP contribution in [0.2, 0.25) is 0 Å². The van der Waals surface area contributed by atoms with Crippen LogP contribution < -0.4 is 0 Å². The highest BCUT2D eigenvalue weighted by Gasteiger charge is 2.11. The van der Waals surface area contributed by atoms with Gasteiger partial charge in [0.05, 0.1) is 11.1 Å². The van der Waals surface area contributed by atoms with E-state index in [0.29, 0.717) is 5.56 Å². The van der Waals surface area contributed by atoms with Gasteiger partial charge < -0.3 is 0 Å². The van der Waals surface area contributed by atoms with Gasteiger partial charge in [0.2, 0.25) is 0 Å². The lowest BCUT2D eigenvalue weighted by molar-refractivity contribution is 1.37. The molecule has 0 aliphatic carbocycles. The maximum absolute atomic E-state index is 8.61. The van der Waals surface area contributed by atoms with Crippen LogP contribution in [0.3, 0.4) is 0 Å². The summed E-state index contributed by atoms with van der Waals surface area (Å²) in [6.45, 7) is 0. The molecule has 0 fully saturated rings. The number of nitrogens with zero attached hydrogens (tertiary/aromatic N) is 2. The number of hydrogen-bond donors (Lipinski definition) is 0. The number of aromatic nitrogens is 1. The minimum Gasteiger partial charge on any atom is -0.255 e. The van der Waals surface area contributed by atoms with E-state index >= 15 is 0 Å². The van der Waals surface area contributed by atoms with Crippen LogP contribution in [0.1, 0.15) is 5.56 Å². The Kier molecular flexibility index (Phi) is 4.20. The maximum atomic E-state index is 8.61. The molecule has 0 saturated carbocycles. The fraction of sp³-hybridized carbons (Fsp3) is 0. The Labute approximate surface area is 185 Å². The topological polar surface area (TPSA) is 36.7 Å². The summed E-state index contributed by atoms with van der Waals surface area (Å²) in [7, 11) is 0. The van der Waals surface area contributed by atoms with Crippen molar-refractivity contribution in [2.45, 2.75) is 0 Å². The largest absolute Gasteiger partial charge is 0.255 e. The lowest BCUT2D eigenvalue weighted by Gasteiger charge is -2.13. The van der Waals surface area contributed by atoms with Crippen molar-refractivity contribution in [3.63, 3.8) is 0 Å². The molecule has 2 heteroatoms. The van der Waals surface area contributed by atoms with Gasteiger partial charge in [-0.2, -0.15) is 5.26 Å². The predicted molar refractivity (Wildman–Crippen MR) is 134 cm³/mol. The first-order valence-corrected chi connectivity index (χ1v) is 10.6. The second kappa shape index (κ2) is 7.34. The summed E-state index contributed by atoms with van der Waals surface area (Å²) in [6, 6.07) is 38.1. The lowest BCUT2D eigenvalue weighted by atomic mass is 9.90. The third-order valence-electron chi connectivity index (χ3n) is 6.11. The van der Waals surface area contributed by atoms with Gasteiger partial charge in [-0.1, -0.05) is 91.0 Å². The third kappa shape index (κ3) is 2.84. The number of para-hydroxylation sites is 1. The van der Waals surface area contributed by atoms with Gasteiger partial charge in [0.25, 0.3) is 0 Å². The summed E-state index contributed by atoms with van der Waals surface area (Å²) in [5.74, 6) is 0. The Morgan fingerprint density at radius 3 is 1.50 bits per heavy atom. The molecule has 7 rings (SSSR count). The minimum absolute atomic E-state index is 0.605. The molecule has 32 heavy (non-hydrogen) atoms. The van der Waals surface area contributed by atoms with Gasteiger partial charge in [-0.3, -0.25) is 4.98 Å². The van der Waals surface area contributed by atoms with Crippen molar-refractivity contribution in [2.24, 2.45) is 0 Å². The summed E-state index contributed by atoms with van der Waals surface area (Å²) >= 11 is 0. The van der Waals surface area contributed by atoms with E-state index in [0.717, 1.165) is 10.9 Å². The van der Waals surface area contributed by atoms with Crippen LogP contribution in [0.25, 0.3) is 54.0 Å². The first kappa shape index (κ1) is 18.3. The number of hydrogen-bond acceptors (Lipinski definition) is 2. The molecule has 0 bridgehead atoms. The van der Waals surface area contributed by atoms with E-state index in [-0.39, 0.29) is 0 Å². The molecule has 0 aliphatic heterocycles. The number of rotatable bonds is 0. The van der Waals surface area contributed by atoms with Crippen LogP contribution in [0.5, 0.6) is 0 Å². The van der Waals surface area contributed by atoms with Crippen molar-refractivity contribution in [3.05, 3.63) is 115 Å². The Hall–Kier alpha value is -4.48. The average Bonchev–Trinajstić information content (AvgIpc) is 2.87. The summed E-state index contributed by atoms with van der Waals surface area (Å²) in [4.78, 5) is 4.13. The minimum atomic E-state index is 0.605. The first-order valence-electron chi connectivity index (χ1n) is 10.6. The monoisotopic (exact) mass is 406 g/mol. The predicted octanol–water partition coefficient (Wildman–Crippen LogP) is 7.84. The van der Waals surface area contributed by atoms with Gasteiger partial charge in [0.15, 0.2) is 0 Å². The fourth-order valence-corrected chi connectivity index (χ4v) is 4.71. The van der Waals surface area contributed by atoms with Crippen LogP contribution in [0.4, 0.5) is 0 Å². The van der Waals surface area contributed by atoms with E-state index in [2.05, 4.69) is 83.8 Å². The Bertz CT molecular complexity index is 1620.